The SMILES string of the molecule is N#Cc1cc2c(nc1SC1CC(=O)N(c3ccc(C(=O)OCC(=O)c4ccc(Cl)c(Cl)c4)cc3)C1=O)CCC(c1ccccc1)C2. The van der Waals surface area contributed by atoms with Crippen molar-refractivity contribution in [3.8, 4) is 6.07 Å². The number of hydrogen-bond acceptors (Lipinski definition) is 8. The summed E-state index contributed by atoms with van der Waals surface area (Å²) in [5.41, 5.74) is 4.30. The van der Waals surface area contributed by atoms with Gasteiger partial charge in [-0.15, -0.1) is 0 Å². The Bertz CT molecular complexity index is 1910. The molecule has 0 bridgehead atoms. The van der Waals surface area contributed by atoms with Gasteiger partial charge < -0.3 is 4.74 Å². The van der Waals surface area contributed by atoms with Gasteiger partial charge in [-0.3, -0.25) is 14.4 Å². The van der Waals surface area contributed by atoms with Crippen LogP contribution in [-0.4, -0.2) is 40.4 Å². The Morgan fingerprint density at radius 2 is 1.70 bits per heavy atom. The Morgan fingerprint density at radius 1 is 0.957 bits per heavy atom. The van der Waals surface area contributed by atoms with Gasteiger partial charge in [-0.1, -0.05) is 65.3 Å². The number of anilines is 1. The van der Waals surface area contributed by atoms with Crippen LogP contribution in [0.5, 0.6) is 0 Å². The monoisotopic (exact) mass is 669 g/mol. The molecular weight excluding hydrogens is 645 g/mol. The van der Waals surface area contributed by atoms with Crippen LogP contribution in [0.3, 0.4) is 0 Å². The van der Waals surface area contributed by atoms with Crippen molar-refractivity contribution in [2.24, 2.45) is 0 Å². The van der Waals surface area contributed by atoms with Crippen molar-refractivity contribution < 1.29 is 23.9 Å². The third kappa shape index (κ3) is 6.56. The molecule has 2 aliphatic rings. The Morgan fingerprint density at radius 3 is 2.41 bits per heavy atom. The van der Waals surface area contributed by atoms with E-state index >= 15 is 0 Å². The number of esters is 1. The predicted molar refractivity (Wildman–Crippen MR) is 174 cm³/mol. The molecule has 3 aromatic carbocycles. The summed E-state index contributed by atoms with van der Waals surface area (Å²) in [5, 5.41) is 10.1. The number of halogens is 2. The maximum absolute atomic E-state index is 13.4. The Balaban J connectivity index is 1.10. The first-order chi connectivity index (χ1) is 22.2. The lowest BCUT2D eigenvalue weighted by Crippen LogP contribution is -2.31. The molecule has 1 aromatic heterocycles. The van der Waals surface area contributed by atoms with Crippen LogP contribution in [-0.2, 0) is 27.2 Å². The van der Waals surface area contributed by atoms with Crippen molar-refractivity contribution in [1.82, 2.24) is 4.98 Å². The van der Waals surface area contributed by atoms with Crippen molar-refractivity contribution in [1.29, 1.82) is 5.26 Å². The molecule has 6 rings (SSSR count). The fourth-order valence-electron chi connectivity index (χ4n) is 5.64. The largest absolute Gasteiger partial charge is 0.454 e. The molecule has 0 radical (unpaired) electrons. The highest BCUT2D eigenvalue weighted by Gasteiger charge is 2.41. The van der Waals surface area contributed by atoms with Crippen LogP contribution in [0.15, 0.2) is 83.9 Å². The van der Waals surface area contributed by atoms with E-state index in [1.807, 2.05) is 24.3 Å². The maximum atomic E-state index is 13.4. The van der Waals surface area contributed by atoms with Gasteiger partial charge in [0.1, 0.15) is 11.1 Å². The number of benzene rings is 3. The lowest BCUT2D eigenvalue weighted by molar-refractivity contribution is -0.121. The summed E-state index contributed by atoms with van der Waals surface area (Å²) in [5.74, 6) is -1.67. The van der Waals surface area contributed by atoms with Gasteiger partial charge in [-0.05, 0) is 84.8 Å². The number of fused-ring (bicyclic) bond motifs is 1. The summed E-state index contributed by atoms with van der Waals surface area (Å²) < 4.78 is 5.15. The second-order valence-electron chi connectivity index (χ2n) is 11.0. The minimum absolute atomic E-state index is 0.0518. The molecule has 2 amide bonds. The zero-order valence-corrected chi connectivity index (χ0v) is 26.6. The number of Topliss-reactive ketones (excluding diaryl/α,β-unsaturated/α-hetero) is 1. The number of aromatic nitrogens is 1. The topological polar surface area (TPSA) is 117 Å². The van der Waals surface area contributed by atoms with Gasteiger partial charge in [-0.2, -0.15) is 5.26 Å². The summed E-state index contributed by atoms with van der Waals surface area (Å²) in [6.07, 6.45) is 2.43. The van der Waals surface area contributed by atoms with E-state index < -0.39 is 35.4 Å². The number of nitriles is 1. The molecule has 230 valence electrons. The standard InChI is InChI=1S/C35H25Cl2N3O5S/c36-27-12-8-23(16-28(27)37)30(41)19-45-35(44)21-6-10-26(11-7-21)40-32(42)17-31(34(40)43)46-33-25(18-38)15-24-14-22(9-13-29(24)39-33)20-4-2-1-3-5-20/h1-8,10-12,15-16,22,31H,9,13-14,17,19H2. The number of hydrogen-bond donors (Lipinski definition) is 0. The number of carbonyl (C=O) groups is 4. The normalized spacial score (nSPS) is 17.4. The van der Waals surface area contributed by atoms with E-state index in [1.165, 1.54) is 48.0 Å². The minimum atomic E-state index is -0.747. The molecule has 0 spiro atoms. The number of nitrogens with zero attached hydrogens (tertiary/aromatic N) is 3. The van der Waals surface area contributed by atoms with Gasteiger partial charge in [0, 0.05) is 17.7 Å². The molecule has 11 heteroatoms. The molecule has 0 N–H and O–H groups in total. The third-order valence-electron chi connectivity index (χ3n) is 8.04. The van der Waals surface area contributed by atoms with Crippen LogP contribution in [0.4, 0.5) is 5.69 Å². The third-order valence-corrected chi connectivity index (χ3v) is 9.97. The van der Waals surface area contributed by atoms with E-state index in [0.717, 1.165) is 47.2 Å². The number of ketones is 1. The van der Waals surface area contributed by atoms with Gasteiger partial charge in [0.05, 0.1) is 32.1 Å². The quantitative estimate of drug-likeness (QED) is 0.112. The van der Waals surface area contributed by atoms with Crippen LogP contribution in [0.2, 0.25) is 10.0 Å². The van der Waals surface area contributed by atoms with Gasteiger partial charge in [0.2, 0.25) is 11.8 Å². The molecule has 1 aliphatic carbocycles. The molecule has 1 aliphatic heterocycles. The summed E-state index contributed by atoms with van der Waals surface area (Å²) in [7, 11) is 0. The average Bonchev–Trinajstić information content (AvgIpc) is 3.36. The van der Waals surface area contributed by atoms with Crippen LogP contribution < -0.4 is 4.90 Å². The van der Waals surface area contributed by atoms with Crippen molar-refractivity contribution >= 4 is 64.2 Å². The first-order valence-electron chi connectivity index (χ1n) is 14.5. The molecule has 2 unspecified atom stereocenters. The Labute approximate surface area is 279 Å². The lowest BCUT2D eigenvalue weighted by atomic mass is 9.82. The van der Waals surface area contributed by atoms with Gasteiger partial charge in [0.15, 0.2) is 12.4 Å². The summed E-state index contributed by atoms with van der Waals surface area (Å²) >= 11 is 13.0. The average molecular weight is 671 g/mol. The van der Waals surface area contributed by atoms with E-state index in [0.29, 0.717) is 27.2 Å². The van der Waals surface area contributed by atoms with E-state index in [9.17, 15) is 24.4 Å². The molecule has 2 atom stereocenters. The summed E-state index contributed by atoms with van der Waals surface area (Å²) in [4.78, 5) is 57.2. The highest BCUT2D eigenvalue weighted by atomic mass is 35.5. The van der Waals surface area contributed by atoms with Gasteiger partial charge >= 0.3 is 5.97 Å². The van der Waals surface area contributed by atoms with Gasteiger partial charge in [0.25, 0.3) is 0 Å². The Hall–Kier alpha value is -4.49. The van der Waals surface area contributed by atoms with Crippen LogP contribution in [0.25, 0.3) is 0 Å². The molecule has 1 saturated heterocycles. The molecule has 4 aromatic rings. The highest BCUT2D eigenvalue weighted by Crippen LogP contribution is 2.38. The zero-order valence-electron chi connectivity index (χ0n) is 24.2. The van der Waals surface area contributed by atoms with Crippen LogP contribution in [0, 0.1) is 11.3 Å². The molecule has 1 fully saturated rings. The van der Waals surface area contributed by atoms with Crippen molar-refractivity contribution in [2.75, 3.05) is 11.5 Å². The second kappa shape index (κ2) is 13.5. The summed E-state index contributed by atoms with van der Waals surface area (Å²) in [6, 6.07) is 24.5. The molecular formula is C35H25Cl2N3O5S. The van der Waals surface area contributed by atoms with E-state index in [2.05, 4.69) is 18.2 Å². The number of thioether (sulfide) groups is 1. The van der Waals surface area contributed by atoms with Crippen molar-refractivity contribution in [3.05, 3.63) is 122 Å². The fraction of sp³-hybridized carbons (Fsp3) is 0.200. The zero-order chi connectivity index (χ0) is 32.4. The van der Waals surface area contributed by atoms with Crippen molar-refractivity contribution in [3.63, 3.8) is 0 Å². The lowest BCUT2D eigenvalue weighted by Gasteiger charge is -2.25. The first-order valence-corrected chi connectivity index (χ1v) is 16.1. The van der Waals surface area contributed by atoms with Gasteiger partial charge in [-0.25, -0.2) is 14.7 Å². The smallest absolute Gasteiger partial charge is 0.338 e. The van der Waals surface area contributed by atoms with Crippen molar-refractivity contribution in [2.45, 2.75) is 41.9 Å². The number of pyridine rings is 1. The molecule has 8 nitrogen and oxygen atoms in total. The van der Waals surface area contributed by atoms with E-state index in [-0.39, 0.29) is 22.6 Å². The number of rotatable bonds is 8. The fourth-order valence-corrected chi connectivity index (χ4v) is 7.04. The predicted octanol–water partition coefficient (Wildman–Crippen LogP) is 7.00. The van der Waals surface area contributed by atoms with Crippen LogP contribution in [0.1, 0.15) is 61.9 Å². The number of ether oxygens (including phenoxy) is 1. The highest BCUT2D eigenvalue weighted by molar-refractivity contribution is 8.00. The maximum Gasteiger partial charge on any atom is 0.338 e. The summed E-state index contributed by atoms with van der Waals surface area (Å²) in [6.45, 7) is -0.504. The minimum Gasteiger partial charge on any atom is -0.454 e. The first kappa shape index (κ1) is 31.5. The second-order valence-corrected chi connectivity index (χ2v) is 13.0. The number of amides is 2. The Kier molecular flexibility index (Phi) is 9.22. The molecule has 2 heterocycles. The molecule has 46 heavy (non-hydrogen) atoms. The van der Waals surface area contributed by atoms with E-state index in [1.54, 1.807) is 0 Å². The number of imide groups is 1. The number of carbonyl (C=O) groups excluding carboxylic acids is 4. The van der Waals surface area contributed by atoms with Crippen LogP contribution >= 0.6 is 35.0 Å². The number of aryl methyl sites for hydroxylation is 1. The van der Waals surface area contributed by atoms with E-state index in [4.69, 9.17) is 32.9 Å². The molecule has 0 saturated carbocycles.